The number of likely N-dealkylation sites (tertiary alicyclic amines) is 1. The molecule has 16 heavy (non-hydrogen) atoms. The average Bonchev–Trinajstić information content (AvgIpc) is 2.77. The second kappa shape index (κ2) is 5.75. The van der Waals surface area contributed by atoms with E-state index in [1.165, 1.54) is 23.5 Å². The zero-order chi connectivity index (χ0) is 11.4. The Bertz CT molecular complexity index is 327. The molecule has 0 saturated carbocycles. The molecule has 0 spiro atoms. The highest BCUT2D eigenvalue weighted by Crippen LogP contribution is 2.19. The van der Waals surface area contributed by atoms with Gasteiger partial charge >= 0.3 is 0 Å². The molecule has 1 aliphatic rings. The molecule has 1 atom stereocenters. The summed E-state index contributed by atoms with van der Waals surface area (Å²) in [6.45, 7) is 5.59. The van der Waals surface area contributed by atoms with Gasteiger partial charge in [-0.2, -0.15) is 0 Å². The Balaban J connectivity index is 1.88. The van der Waals surface area contributed by atoms with Crippen molar-refractivity contribution in [2.75, 3.05) is 19.7 Å². The summed E-state index contributed by atoms with van der Waals surface area (Å²) >= 11 is 1.76. The maximum atomic E-state index is 9.18. The number of aliphatic hydroxyl groups is 1. The first-order valence-corrected chi connectivity index (χ1v) is 6.96. The molecule has 2 heterocycles. The number of aryl methyl sites for hydroxylation is 1. The summed E-state index contributed by atoms with van der Waals surface area (Å²) in [6, 6.07) is 0. The summed E-state index contributed by atoms with van der Waals surface area (Å²) in [7, 11) is 0. The molecule has 3 nitrogen and oxygen atoms in total. The van der Waals surface area contributed by atoms with E-state index in [4.69, 9.17) is 0 Å². The van der Waals surface area contributed by atoms with Gasteiger partial charge in [0.2, 0.25) is 0 Å². The summed E-state index contributed by atoms with van der Waals surface area (Å²) < 4.78 is 0. The van der Waals surface area contributed by atoms with Gasteiger partial charge in [-0.15, -0.1) is 11.3 Å². The van der Waals surface area contributed by atoms with Crippen molar-refractivity contribution < 1.29 is 5.11 Å². The van der Waals surface area contributed by atoms with Crippen LogP contribution in [-0.4, -0.2) is 34.7 Å². The van der Waals surface area contributed by atoms with Crippen LogP contribution in [0.5, 0.6) is 0 Å². The number of aromatic nitrogens is 1. The van der Waals surface area contributed by atoms with Gasteiger partial charge in [0.1, 0.15) is 0 Å². The van der Waals surface area contributed by atoms with Crippen molar-refractivity contribution in [1.29, 1.82) is 0 Å². The predicted octanol–water partition coefficient (Wildman–Crippen LogP) is 1.91. The zero-order valence-electron chi connectivity index (χ0n) is 9.85. The van der Waals surface area contributed by atoms with Crippen molar-refractivity contribution in [3.8, 4) is 0 Å². The Morgan fingerprint density at radius 3 is 3.19 bits per heavy atom. The first kappa shape index (κ1) is 12.0. The number of hydrogen-bond acceptors (Lipinski definition) is 4. The summed E-state index contributed by atoms with van der Waals surface area (Å²) in [4.78, 5) is 7.00. The van der Waals surface area contributed by atoms with Gasteiger partial charge in [0.05, 0.1) is 10.7 Å². The minimum atomic E-state index is 0.327. The highest BCUT2D eigenvalue weighted by molar-refractivity contribution is 7.09. The van der Waals surface area contributed by atoms with E-state index in [9.17, 15) is 5.11 Å². The summed E-state index contributed by atoms with van der Waals surface area (Å²) in [5, 5.41) is 12.6. The van der Waals surface area contributed by atoms with E-state index in [-0.39, 0.29) is 0 Å². The van der Waals surface area contributed by atoms with Crippen LogP contribution in [0.1, 0.15) is 30.5 Å². The fraction of sp³-hybridized carbons (Fsp3) is 0.750. The Morgan fingerprint density at radius 1 is 1.62 bits per heavy atom. The molecule has 1 unspecified atom stereocenters. The maximum Gasteiger partial charge on any atom is 0.0926 e. The Morgan fingerprint density at radius 2 is 2.50 bits per heavy atom. The molecule has 1 aliphatic heterocycles. The predicted molar refractivity (Wildman–Crippen MR) is 66.6 cm³/mol. The molecule has 0 bridgehead atoms. The molecule has 0 radical (unpaired) electrons. The first-order valence-electron chi connectivity index (χ1n) is 6.08. The molecule has 1 fully saturated rings. The Labute approximate surface area is 101 Å². The molecular formula is C12H20N2OS. The summed E-state index contributed by atoms with van der Waals surface area (Å²) in [6.07, 6.45) is 3.41. The zero-order valence-corrected chi connectivity index (χ0v) is 10.7. The third kappa shape index (κ3) is 3.03. The number of thiazole rings is 1. The van der Waals surface area contributed by atoms with E-state index >= 15 is 0 Å². The van der Waals surface area contributed by atoms with Crippen molar-refractivity contribution in [2.45, 2.75) is 32.7 Å². The lowest BCUT2D eigenvalue weighted by molar-refractivity contribution is 0.115. The van der Waals surface area contributed by atoms with Crippen molar-refractivity contribution >= 4 is 11.3 Å². The molecule has 1 aromatic rings. The van der Waals surface area contributed by atoms with Crippen LogP contribution in [0.15, 0.2) is 5.38 Å². The summed E-state index contributed by atoms with van der Waals surface area (Å²) in [5.41, 5.74) is 1.19. The van der Waals surface area contributed by atoms with Crippen molar-refractivity contribution in [3.63, 3.8) is 0 Å². The molecule has 2 rings (SSSR count). The smallest absolute Gasteiger partial charge is 0.0926 e. The van der Waals surface area contributed by atoms with Crippen LogP contribution in [0.3, 0.4) is 0 Å². The minimum Gasteiger partial charge on any atom is -0.396 e. The van der Waals surface area contributed by atoms with Gasteiger partial charge < -0.3 is 5.11 Å². The van der Waals surface area contributed by atoms with E-state index < -0.39 is 0 Å². The minimum absolute atomic E-state index is 0.327. The largest absolute Gasteiger partial charge is 0.396 e. The van der Waals surface area contributed by atoms with Crippen LogP contribution in [0, 0.1) is 5.92 Å². The monoisotopic (exact) mass is 240 g/mol. The lowest BCUT2D eigenvalue weighted by Crippen LogP contribution is -2.36. The van der Waals surface area contributed by atoms with Gasteiger partial charge in [-0.25, -0.2) is 4.98 Å². The van der Waals surface area contributed by atoms with E-state index in [1.54, 1.807) is 11.3 Å². The van der Waals surface area contributed by atoms with Gasteiger partial charge in [0.25, 0.3) is 0 Å². The Kier molecular flexibility index (Phi) is 4.32. The van der Waals surface area contributed by atoms with Gasteiger partial charge in [-0.1, -0.05) is 6.92 Å². The van der Waals surface area contributed by atoms with Crippen LogP contribution in [0.4, 0.5) is 0 Å². The van der Waals surface area contributed by atoms with Crippen LogP contribution < -0.4 is 0 Å². The van der Waals surface area contributed by atoms with Crippen LogP contribution in [0.25, 0.3) is 0 Å². The SMILES string of the molecule is CCc1nc(CN2CCCC(CO)C2)cs1. The quantitative estimate of drug-likeness (QED) is 0.873. The summed E-state index contributed by atoms with van der Waals surface area (Å²) in [5.74, 6) is 0.470. The first-order chi connectivity index (χ1) is 7.81. The lowest BCUT2D eigenvalue weighted by Gasteiger charge is -2.31. The highest BCUT2D eigenvalue weighted by atomic mass is 32.1. The van der Waals surface area contributed by atoms with E-state index in [1.807, 2.05) is 0 Å². The molecule has 0 amide bonds. The number of piperidine rings is 1. The number of nitrogens with zero attached hydrogens (tertiary/aromatic N) is 2. The topological polar surface area (TPSA) is 36.4 Å². The third-order valence-electron chi connectivity index (χ3n) is 3.15. The van der Waals surface area contributed by atoms with Crippen LogP contribution in [0.2, 0.25) is 0 Å². The Hall–Kier alpha value is -0.450. The molecule has 0 aromatic carbocycles. The van der Waals surface area contributed by atoms with E-state index in [0.29, 0.717) is 12.5 Å². The third-order valence-corrected chi connectivity index (χ3v) is 4.19. The molecule has 90 valence electrons. The normalized spacial score (nSPS) is 22.5. The van der Waals surface area contributed by atoms with Crippen molar-refractivity contribution in [3.05, 3.63) is 16.1 Å². The molecule has 1 saturated heterocycles. The standard InChI is InChI=1S/C12H20N2OS/c1-2-12-13-11(9-16-12)7-14-5-3-4-10(6-14)8-15/h9-10,15H,2-8H2,1H3. The number of aliphatic hydroxyl groups excluding tert-OH is 1. The van der Waals surface area contributed by atoms with E-state index in [0.717, 1.165) is 26.1 Å². The van der Waals surface area contributed by atoms with Gasteiger partial charge in [0, 0.05) is 25.1 Å². The second-order valence-electron chi connectivity index (χ2n) is 4.51. The van der Waals surface area contributed by atoms with Crippen LogP contribution in [-0.2, 0) is 13.0 Å². The fourth-order valence-corrected chi connectivity index (χ4v) is 2.99. The lowest BCUT2D eigenvalue weighted by atomic mass is 9.99. The highest BCUT2D eigenvalue weighted by Gasteiger charge is 2.19. The van der Waals surface area contributed by atoms with Gasteiger partial charge in [-0.05, 0) is 31.7 Å². The number of rotatable bonds is 4. The number of hydrogen-bond donors (Lipinski definition) is 1. The molecule has 4 heteroatoms. The van der Waals surface area contributed by atoms with Crippen molar-refractivity contribution in [2.24, 2.45) is 5.92 Å². The van der Waals surface area contributed by atoms with E-state index in [2.05, 4.69) is 22.2 Å². The molecule has 0 aliphatic carbocycles. The molecular weight excluding hydrogens is 220 g/mol. The molecule has 1 aromatic heterocycles. The average molecular weight is 240 g/mol. The van der Waals surface area contributed by atoms with Gasteiger partial charge in [-0.3, -0.25) is 4.90 Å². The van der Waals surface area contributed by atoms with Crippen molar-refractivity contribution in [1.82, 2.24) is 9.88 Å². The van der Waals surface area contributed by atoms with Crippen LogP contribution >= 0.6 is 11.3 Å². The maximum absolute atomic E-state index is 9.18. The second-order valence-corrected chi connectivity index (χ2v) is 5.45. The molecule has 1 N–H and O–H groups in total. The van der Waals surface area contributed by atoms with Gasteiger partial charge in [0.15, 0.2) is 0 Å². The fourth-order valence-electron chi connectivity index (χ4n) is 2.26.